The molecule has 2 rings (SSSR count). The van der Waals surface area contributed by atoms with Gasteiger partial charge in [-0.2, -0.15) is 0 Å². The predicted octanol–water partition coefficient (Wildman–Crippen LogP) is 5.30. The second-order valence-corrected chi connectivity index (χ2v) is 5.71. The summed E-state index contributed by atoms with van der Waals surface area (Å²) in [5.41, 5.74) is 2.45. The van der Waals surface area contributed by atoms with Crippen LogP contribution in [0.3, 0.4) is 0 Å². The van der Waals surface area contributed by atoms with Crippen molar-refractivity contribution in [2.75, 3.05) is 0 Å². The van der Waals surface area contributed by atoms with E-state index in [1.54, 1.807) is 0 Å². The maximum absolute atomic E-state index is 4.86. The van der Waals surface area contributed by atoms with E-state index < -0.39 is 0 Å². The van der Waals surface area contributed by atoms with Crippen molar-refractivity contribution in [3.63, 3.8) is 0 Å². The molecule has 0 amide bonds. The molecule has 0 aliphatic rings. The van der Waals surface area contributed by atoms with Crippen LogP contribution in [0.4, 0.5) is 0 Å². The smallest absolute Gasteiger partial charge is 0.112 e. The van der Waals surface area contributed by atoms with Crippen LogP contribution in [0.15, 0.2) is 24.3 Å². The maximum atomic E-state index is 4.86. The van der Waals surface area contributed by atoms with E-state index in [0.29, 0.717) is 12.0 Å². The zero-order chi connectivity index (χ0) is 13.8. The molecule has 2 nitrogen and oxygen atoms in total. The molecule has 0 spiro atoms. The lowest BCUT2D eigenvalue weighted by atomic mass is 10.0. The van der Waals surface area contributed by atoms with Crippen LogP contribution in [0, 0.1) is 0 Å². The van der Waals surface area contributed by atoms with Gasteiger partial charge in [-0.1, -0.05) is 52.7 Å². The number of imidazole rings is 1. The Bertz CT molecular complexity index is 519. The van der Waals surface area contributed by atoms with Gasteiger partial charge in [0.05, 0.1) is 11.0 Å². The fraction of sp³-hybridized carbons (Fsp3) is 0.588. The molecule has 0 aliphatic heterocycles. The summed E-state index contributed by atoms with van der Waals surface area (Å²) in [6, 6.07) is 9.15. The van der Waals surface area contributed by atoms with Crippen LogP contribution in [0.2, 0.25) is 0 Å². The first-order valence-electron chi connectivity index (χ1n) is 7.65. The molecule has 0 unspecified atom stereocenters. The Morgan fingerprint density at radius 2 is 1.68 bits per heavy atom. The zero-order valence-electron chi connectivity index (χ0n) is 12.7. The molecule has 1 heterocycles. The number of benzene rings is 1. The number of nitrogens with zero attached hydrogens (tertiary/aromatic N) is 2. The fourth-order valence-corrected chi connectivity index (χ4v) is 2.92. The normalized spacial score (nSPS) is 11.9. The molecule has 0 aliphatic carbocycles. The first-order chi connectivity index (χ1) is 9.19. The molecule has 0 atom stereocenters. The lowest BCUT2D eigenvalue weighted by molar-refractivity contribution is 0.418. The van der Waals surface area contributed by atoms with Crippen LogP contribution in [-0.4, -0.2) is 9.55 Å². The molecule has 1 aromatic carbocycles. The van der Waals surface area contributed by atoms with Gasteiger partial charge >= 0.3 is 0 Å². The minimum absolute atomic E-state index is 0.476. The molecule has 0 radical (unpaired) electrons. The number of para-hydroxylation sites is 2. The predicted molar refractivity (Wildman–Crippen MR) is 82.7 cm³/mol. The third-order valence-corrected chi connectivity index (χ3v) is 3.75. The molecular weight excluding hydrogens is 232 g/mol. The summed E-state index contributed by atoms with van der Waals surface area (Å²) in [4.78, 5) is 4.86. The monoisotopic (exact) mass is 258 g/mol. The average molecular weight is 258 g/mol. The van der Waals surface area contributed by atoms with Crippen molar-refractivity contribution in [2.45, 2.75) is 65.3 Å². The van der Waals surface area contributed by atoms with Crippen molar-refractivity contribution in [1.82, 2.24) is 9.55 Å². The molecule has 0 saturated heterocycles. The van der Waals surface area contributed by atoms with Crippen molar-refractivity contribution in [1.29, 1.82) is 0 Å². The summed E-state index contributed by atoms with van der Waals surface area (Å²) in [5, 5.41) is 0. The number of rotatable bonds is 6. The van der Waals surface area contributed by atoms with Gasteiger partial charge in [0.1, 0.15) is 5.82 Å². The molecule has 2 aromatic rings. The van der Waals surface area contributed by atoms with Crippen molar-refractivity contribution >= 4 is 11.0 Å². The van der Waals surface area contributed by atoms with E-state index in [-0.39, 0.29) is 0 Å². The molecule has 104 valence electrons. The first kappa shape index (κ1) is 14.1. The topological polar surface area (TPSA) is 17.8 Å². The standard InChI is InChI=1S/C17H26N2/c1-5-9-14(10-6-2)19-16-12-8-7-11-15(16)18-17(19)13(3)4/h7-8,11-14H,5-6,9-10H2,1-4H3. The highest BCUT2D eigenvalue weighted by atomic mass is 15.1. The summed E-state index contributed by atoms with van der Waals surface area (Å²) < 4.78 is 2.51. The largest absolute Gasteiger partial charge is 0.325 e. The van der Waals surface area contributed by atoms with Crippen LogP contribution in [0.5, 0.6) is 0 Å². The Morgan fingerprint density at radius 1 is 1.05 bits per heavy atom. The number of aromatic nitrogens is 2. The highest BCUT2D eigenvalue weighted by Gasteiger charge is 2.19. The number of hydrogen-bond donors (Lipinski definition) is 0. The quantitative estimate of drug-likeness (QED) is 0.687. The van der Waals surface area contributed by atoms with Gasteiger partial charge in [0.15, 0.2) is 0 Å². The van der Waals surface area contributed by atoms with E-state index in [0.717, 1.165) is 5.52 Å². The summed E-state index contributed by atoms with van der Waals surface area (Å²) >= 11 is 0. The van der Waals surface area contributed by atoms with Crippen molar-refractivity contribution < 1.29 is 0 Å². The lowest BCUT2D eigenvalue weighted by Crippen LogP contribution is -2.13. The van der Waals surface area contributed by atoms with E-state index in [1.807, 2.05) is 0 Å². The highest BCUT2D eigenvalue weighted by molar-refractivity contribution is 5.76. The fourth-order valence-electron chi connectivity index (χ4n) is 2.92. The van der Waals surface area contributed by atoms with E-state index >= 15 is 0 Å². The van der Waals surface area contributed by atoms with Gasteiger partial charge in [-0.3, -0.25) is 0 Å². The second kappa shape index (κ2) is 6.23. The van der Waals surface area contributed by atoms with E-state index in [1.165, 1.54) is 37.0 Å². The van der Waals surface area contributed by atoms with Crippen LogP contribution in [0.25, 0.3) is 11.0 Å². The average Bonchev–Trinajstić information content (AvgIpc) is 2.78. The van der Waals surface area contributed by atoms with Gasteiger partial charge in [-0.25, -0.2) is 4.98 Å². The molecular formula is C17H26N2. The minimum Gasteiger partial charge on any atom is -0.325 e. The Kier molecular flexibility index (Phi) is 4.62. The Balaban J connectivity index is 2.56. The Morgan fingerprint density at radius 3 is 2.26 bits per heavy atom. The summed E-state index contributed by atoms with van der Waals surface area (Å²) in [7, 11) is 0. The molecule has 2 heteroatoms. The van der Waals surface area contributed by atoms with E-state index in [9.17, 15) is 0 Å². The van der Waals surface area contributed by atoms with Gasteiger partial charge in [-0.15, -0.1) is 0 Å². The van der Waals surface area contributed by atoms with Gasteiger partial charge in [-0.05, 0) is 25.0 Å². The van der Waals surface area contributed by atoms with Crippen LogP contribution in [-0.2, 0) is 0 Å². The molecule has 19 heavy (non-hydrogen) atoms. The van der Waals surface area contributed by atoms with Crippen LogP contribution < -0.4 is 0 Å². The summed E-state index contributed by atoms with van der Waals surface area (Å²) in [6.07, 6.45) is 4.95. The third kappa shape index (κ3) is 2.83. The van der Waals surface area contributed by atoms with Gasteiger partial charge < -0.3 is 4.57 Å². The SMILES string of the molecule is CCCC(CCC)n1c(C(C)C)nc2ccccc21. The highest BCUT2D eigenvalue weighted by Crippen LogP contribution is 2.30. The number of fused-ring (bicyclic) bond motifs is 1. The summed E-state index contributed by atoms with van der Waals surface area (Å²) in [5.74, 6) is 1.72. The van der Waals surface area contributed by atoms with Crippen molar-refractivity contribution in [3.8, 4) is 0 Å². The van der Waals surface area contributed by atoms with Gasteiger partial charge in [0, 0.05) is 12.0 Å². The minimum atomic E-state index is 0.476. The first-order valence-corrected chi connectivity index (χ1v) is 7.65. The molecule has 1 aromatic heterocycles. The number of hydrogen-bond acceptors (Lipinski definition) is 1. The second-order valence-electron chi connectivity index (χ2n) is 5.71. The van der Waals surface area contributed by atoms with Crippen LogP contribution >= 0.6 is 0 Å². The molecule has 0 N–H and O–H groups in total. The Labute approximate surface area is 116 Å². The van der Waals surface area contributed by atoms with Crippen molar-refractivity contribution in [3.05, 3.63) is 30.1 Å². The summed E-state index contributed by atoms with van der Waals surface area (Å²) in [6.45, 7) is 9.03. The van der Waals surface area contributed by atoms with E-state index in [4.69, 9.17) is 4.98 Å². The van der Waals surface area contributed by atoms with Crippen molar-refractivity contribution in [2.24, 2.45) is 0 Å². The zero-order valence-corrected chi connectivity index (χ0v) is 12.7. The van der Waals surface area contributed by atoms with Gasteiger partial charge in [0.2, 0.25) is 0 Å². The van der Waals surface area contributed by atoms with E-state index in [2.05, 4.69) is 56.5 Å². The molecule has 0 saturated carbocycles. The molecule has 0 fully saturated rings. The third-order valence-electron chi connectivity index (χ3n) is 3.75. The van der Waals surface area contributed by atoms with Gasteiger partial charge in [0.25, 0.3) is 0 Å². The Hall–Kier alpha value is -1.31. The van der Waals surface area contributed by atoms with Crippen LogP contribution in [0.1, 0.15) is 71.2 Å². The maximum Gasteiger partial charge on any atom is 0.112 e. The molecule has 0 bridgehead atoms. The lowest BCUT2D eigenvalue weighted by Gasteiger charge is -2.22.